The Bertz CT molecular complexity index is 872. The van der Waals surface area contributed by atoms with Crippen molar-refractivity contribution in [2.75, 3.05) is 37.5 Å². The molecule has 8 nitrogen and oxygen atoms in total. The van der Waals surface area contributed by atoms with Gasteiger partial charge in [0.1, 0.15) is 5.69 Å². The van der Waals surface area contributed by atoms with E-state index in [9.17, 15) is 19.7 Å². The number of nitrogens with zero attached hydrogens (tertiary/aromatic N) is 2. The molecule has 0 atom stereocenters. The Balaban J connectivity index is 2.10. The van der Waals surface area contributed by atoms with Gasteiger partial charge in [-0.05, 0) is 30.5 Å². The lowest BCUT2D eigenvalue weighted by Gasteiger charge is -2.18. The second kappa shape index (κ2) is 9.04. The first-order valence-electron chi connectivity index (χ1n) is 8.02. The summed E-state index contributed by atoms with van der Waals surface area (Å²) in [5.41, 5.74) is 0.922. The molecule has 9 heteroatoms. The van der Waals surface area contributed by atoms with Crippen LogP contribution >= 0.6 is 11.8 Å². The summed E-state index contributed by atoms with van der Waals surface area (Å²) < 4.78 is 0. The lowest BCUT2D eigenvalue weighted by atomic mass is 10.1. The van der Waals surface area contributed by atoms with E-state index < -0.39 is 10.8 Å². The van der Waals surface area contributed by atoms with Crippen molar-refractivity contribution >= 4 is 40.6 Å². The highest BCUT2D eigenvalue weighted by Crippen LogP contribution is 2.26. The largest absolute Gasteiger partial charge is 0.383 e. The van der Waals surface area contributed by atoms with Crippen LogP contribution in [0, 0.1) is 10.1 Å². The molecule has 2 N–H and O–H groups in total. The Labute approximate surface area is 161 Å². The van der Waals surface area contributed by atoms with Gasteiger partial charge in [0.25, 0.3) is 11.6 Å². The van der Waals surface area contributed by atoms with Crippen molar-refractivity contribution in [3.63, 3.8) is 0 Å². The Morgan fingerprint density at radius 2 is 1.89 bits per heavy atom. The number of nitro groups is 1. The Morgan fingerprint density at radius 1 is 1.19 bits per heavy atom. The normalized spacial score (nSPS) is 10.2. The number of amides is 2. The number of nitrogens with one attached hydrogen (secondary N) is 2. The number of nitro benzene ring substituents is 1. The molecule has 27 heavy (non-hydrogen) atoms. The molecule has 0 spiro atoms. The molecule has 0 bridgehead atoms. The zero-order valence-electron chi connectivity index (χ0n) is 15.2. The summed E-state index contributed by atoms with van der Waals surface area (Å²) in [6.07, 6.45) is 1.91. The van der Waals surface area contributed by atoms with Gasteiger partial charge in [-0.3, -0.25) is 19.7 Å². The highest BCUT2D eigenvalue weighted by atomic mass is 32.2. The summed E-state index contributed by atoms with van der Waals surface area (Å²) in [4.78, 5) is 37.5. The fourth-order valence-corrected chi connectivity index (χ4v) is 3.03. The van der Waals surface area contributed by atoms with Crippen LogP contribution in [0.15, 0.2) is 47.4 Å². The van der Waals surface area contributed by atoms with Crippen molar-refractivity contribution in [1.82, 2.24) is 4.90 Å². The van der Waals surface area contributed by atoms with E-state index in [1.165, 1.54) is 41.9 Å². The molecule has 0 saturated carbocycles. The number of carbonyl (C=O) groups is 2. The van der Waals surface area contributed by atoms with Gasteiger partial charge in [-0.25, -0.2) is 0 Å². The zero-order valence-corrected chi connectivity index (χ0v) is 16.0. The van der Waals surface area contributed by atoms with Crippen LogP contribution in [0.4, 0.5) is 17.1 Å². The molecule has 2 amide bonds. The minimum Gasteiger partial charge on any atom is -0.383 e. The van der Waals surface area contributed by atoms with Crippen molar-refractivity contribution in [3.8, 4) is 0 Å². The lowest BCUT2D eigenvalue weighted by Crippen LogP contribution is -2.35. The lowest BCUT2D eigenvalue weighted by molar-refractivity contribution is -0.384. The van der Waals surface area contributed by atoms with E-state index in [0.29, 0.717) is 11.4 Å². The van der Waals surface area contributed by atoms with Gasteiger partial charge < -0.3 is 15.5 Å². The molecular formula is C18H20N4O4S. The monoisotopic (exact) mass is 388 g/mol. The number of hydrogen-bond acceptors (Lipinski definition) is 6. The maximum atomic E-state index is 12.5. The smallest absolute Gasteiger partial charge is 0.293 e. The molecule has 0 saturated heterocycles. The van der Waals surface area contributed by atoms with Crippen LogP contribution in [0.3, 0.4) is 0 Å². The van der Waals surface area contributed by atoms with E-state index in [0.717, 1.165) is 4.90 Å². The van der Waals surface area contributed by atoms with Crippen LogP contribution in [0.1, 0.15) is 10.4 Å². The SMILES string of the molecule is CNc1ccc(C(=O)N(C)CC(=O)Nc2ccccc2SC)cc1[N+](=O)[O-]. The summed E-state index contributed by atoms with van der Waals surface area (Å²) in [6, 6.07) is 11.5. The van der Waals surface area contributed by atoms with Crippen LogP contribution in [-0.2, 0) is 4.79 Å². The summed E-state index contributed by atoms with van der Waals surface area (Å²) in [5, 5.41) is 16.6. The first-order valence-corrected chi connectivity index (χ1v) is 9.24. The maximum Gasteiger partial charge on any atom is 0.293 e. The maximum absolute atomic E-state index is 12.5. The quantitative estimate of drug-likeness (QED) is 0.429. The number of benzene rings is 2. The molecule has 2 rings (SSSR count). The van der Waals surface area contributed by atoms with Crippen molar-refractivity contribution in [2.24, 2.45) is 0 Å². The highest BCUT2D eigenvalue weighted by molar-refractivity contribution is 7.98. The summed E-state index contributed by atoms with van der Waals surface area (Å²) in [5.74, 6) is -0.831. The molecule has 0 aliphatic heterocycles. The molecule has 2 aromatic carbocycles. The molecule has 2 aromatic rings. The van der Waals surface area contributed by atoms with Crippen LogP contribution in [0.5, 0.6) is 0 Å². The van der Waals surface area contributed by atoms with Crippen LogP contribution < -0.4 is 10.6 Å². The van der Waals surface area contributed by atoms with Crippen molar-refractivity contribution in [3.05, 3.63) is 58.1 Å². The predicted molar refractivity (Wildman–Crippen MR) is 106 cm³/mol. The average Bonchev–Trinajstić information content (AvgIpc) is 2.67. The minimum absolute atomic E-state index is 0.139. The first kappa shape index (κ1) is 20.2. The standard InChI is InChI=1S/C18H20N4O4S/c1-19-13-9-8-12(10-15(13)22(25)26)18(24)21(2)11-17(23)20-14-6-4-5-7-16(14)27-3/h4-10,19H,11H2,1-3H3,(H,20,23). The second-order valence-corrected chi connectivity index (χ2v) is 6.50. The summed E-state index contributed by atoms with van der Waals surface area (Å²) >= 11 is 1.50. The number of hydrogen-bond donors (Lipinski definition) is 2. The highest BCUT2D eigenvalue weighted by Gasteiger charge is 2.20. The average molecular weight is 388 g/mol. The van der Waals surface area contributed by atoms with Gasteiger partial charge in [0, 0.05) is 30.6 Å². The van der Waals surface area contributed by atoms with Crippen LogP contribution in [0.2, 0.25) is 0 Å². The fourth-order valence-electron chi connectivity index (χ4n) is 2.47. The molecule has 0 fully saturated rings. The summed E-state index contributed by atoms with van der Waals surface area (Å²) in [7, 11) is 3.03. The third-order valence-corrected chi connectivity index (χ3v) is 4.62. The predicted octanol–water partition coefficient (Wildman–Crippen LogP) is 3.07. The third-order valence-electron chi connectivity index (χ3n) is 3.82. The third kappa shape index (κ3) is 4.98. The van der Waals surface area contributed by atoms with Gasteiger partial charge in [0.2, 0.25) is 5.91 Å². The topological polar surface area (TPSA) is 105 Å². The van der Waals surface area contributed by atoms with Gasteiger partial charge in [-0.2, -0.15) is 0 Å². The minimum atomic E-state index is -0.561. The van der Waals surface area contributed by atoms with Gasteiger partial charge in [-0.15, -0.1) is 11.8 Å². The number of thioether (sulfide) groups is 1. The number of carbonyl (C=O) groups excluding carboxylic acids is 2. The van der Waals surface area contributed by atoms with Gasteiger partial charge in [0.05, 0.1) is 17.2 Å². The second-order valence-electron chi connectivity index (χ2n) is 5.65. The van der Waals surface area contributed by atoms with Gasteiger partial charge in [-0.1, -0.05) is 12.1 Å². The zero-order chi connectivity index (χ0) is 20.0. The van der Waals surface area contributed by atoms with E-state index in [4.69, 9.17) is 0 Å². The van der Waals surface area contributed by atoms with Crippen molar-refractivity contribution in [2.45, 2.75) is 4.90 Å². The summed E-state index contributed by atoms with van der Waals surface area (Å²) in [6.45, 7) is -0.177. The molecule has 0 aromatic heterocycles. The van der Waals surface area contributed by atoms with Crippen molar-refractivity contribution in [1.29, 1.82) is 0 Å². The Kier molecular flexibility index (Phi) is 6.78. The first-order chi connectivity index (χ1) is 12.9. The van der Waals surface area contributed by atoms with Gasteiger partial charge >= 0.3 is 0 Å². The van der Waals surface area contributed by atoms with E-state index >= 15 is 0 Å². The molecule has 0 aliphatic rings. The molecule has 0 heterocycles. The van der Waals surface area contributed by atoms with E-state index in [1.807, 2.05) is 24.5 Å². The Hall–Kier alpha value is -3.07. The number of para-hydroxylation sites is 1. The molecule has 142 valence electrons. The van der Waals surface area contributed by atoms with Crippen LogP contribution in [0.25, 0.3) is 0 Å². The number of anilines is 2. The Morgan fingerprint density at radius 3 is 2.52 bits per heavy atom. The van der Waals surface area contributed by atoms with Crippen LogP contribution in [-0.4, -0.2) is 48.5 Å². The molecule has 0 aliphatic carbocycles. The fraction of sp³-hybridized carbons (Fsp3) is 0.222. The number of rotatable bonds is 7. The van der Waals surface area contributed by atoms with E-state index in [1.54, 1.807) is 13.1 Å². The van der Waals surface area contributed by atoms with Gasteiger partial charge in [0.15, 0.2) is 0 Å². The number of likely N-dealkylation sites (N-methyl/N-ethyl adjacent to an activating group) is 1. The van der Waals surface area contributed by atoms with Crippen molar-refractivity contribution < 1.29 is 14.5 Å². The molecule has 0 radical (unpaired) electrons. The molecule has 0 unspecified atom stereocenters. The molecular weight excluding hydrogens is 368 g/mol. The van der Waals surface area contributed by atoms with E-state index in [-0.39, 0.29) is 23.7 Å². The van der Waals surface area contributed by atoms with E-state index in [2.05, 4.69) is 10.6 Å².